The number of carbonyl (C=O) groups is 1. The third-order valence-corrected chi connectivity index (χ3v) is 3.80. The van der Waals surface area contributed by atoms with E-state index in [2.05, 4.69) is 16.8 Å². The Morgan fingerprint density at radius 2 is 2.31 bits per heavy atom. The quantitative estimate of drug-likeness (QED) is 0.657. The van der Waals surface area contributed by atoms with E-state index < -0.39 is 0 Å². The van der Waals surface area contributed by atoms with Crippen LogP contribution in [-0.2, 0) is 4.79 Å². The van der Waals surface area contributed by atoms with Crippen molar-refractivity contribution >= 4 is 5.91 Å². The lowest BCUT2D eigenvalue weighted by molar-refractivity contribution is -0.121. The van der Waals surface area contributed by atoms with E-state index >= 15 is 0 Å². The predicted octanol–water partition coefficient (Wildman–Crippen LogP) is -0.0423. The summed E-state index contributed by atoms with van der Waals surface area (Å²) in [5, 5.41) is 2.81. The highest BCUT2D eigenvalue weighted by atomic mass is 16.2. The van der Waals surface area contributed by atoms with Gasteiger partial charge in [-0.1, -0.05) is 6.08 Å². The molecule has 3 unspecified atom stereocenters. The SMILES string of the molecule is C=CCNC(=O)CN1CC2CCC(N)C2C1. The van der Waals surface area contributed by atoms with Crippen LogP contribution in [0, 0.1) is 11.8 Å². The Kier molecular flexibility index (Phi) is 3.61. The van der Waals surface area contributed by atoms with Crippen molar-refractivity contribution in [3.8, 4) is 0 Å². The van der Waals surface area contributed by atoms with Crippen LogP contribution < -0.4 is 11.1 Å². The zero-order chi connectivity index (χ0) is 11.5. The molecular weight excluding hydrogens is 202 g/mol. The molecule has 0 aromatic rings. The number of nitrogens with two attached hydrogens (primary N) is 1. The normalized spacial score (nSPS) is 33.7. The maximum absolute atomic E-state index is 11.5. The Hall–Kier alpha value is -0.870. The van der Waals surface area contributed by atoms with Crippen molar-refractivity contribution in [1.29, 1.82) is 0 Å². The molecule has 1 aliphatic heterocycles. The number of hydrogen-bond donors (Lipinski definition) is 2. The highest BCUT2D eigenvalue weighted by molar-refractivity contribution is 5.78. The maximum atomic E-state index is 11.5. The van der Waals surface area contributed by atoms with E-state index in [0.717, 1.165) is 25.4 Å². The van der Waals surface area contributed by atoms with Gasteiger partial charge in [0.2, 0.25) is 5.91 Å². The zero-order valence-corrected chi connectivity index (χ0v) is 9.69. The van der Waals surface area contributed by atoms with E-state index in [1.807, 2.05) is 0 Å². The third-order valence-electron chi connectivity index (χ3n) is 3.80. The molecule has 3 N–H and O–H groups in total. The van der Waals surface area contributed by atoms with Gasteiger partial charge in [-0.25, -0.2) is 0 Å². The fourth-order valence-corrected chi connectivity index (χ4v) is 2.97. The molecule has 1 aliphatic carbocycles. The Morgan fingerprint density at radius 3 is 3.00 bits per heavy atom. The molecule has 4 heteroatoms. The second-order valence-electron chi connectivity index (χ2n) is 4.95. The minimum absolute atomic E-state index is 0.0912. The van der Waals surface area contributed by atoms with Crippen LogP contribution in [0.15, 0.2) is 12.7 Å². The molecule has 0 spiro atoms. The number of fused-ring (bicyclic) bond motifs is 1. The minimum atomic E-state index is 0.0912. The van der Waals surface area contributed by atoms with Gasteiger partial charge in [0, 0.05) is 25.7 Å². The number of likely N-dealkylation sites (tertiary alicyclic amines) is 1. The second-order valence-corrected chi connectivity index (χ2v) is 4.95. The van der Waals surface area contributed by atoms with E-state index in [1.165, 1.54) is 6.42 Å². The molecule has 0 bridgehead atoms. The average Bonchev–Trinajstić information content (AvgIpc) is 2.78. The molecule has 16 heavy (non-hydrogen) atoms. The van der Waals surface area contributed by atoms with E-state index in [0.29, 0.717) is 25.0 Å². The van der Waals surface area contributed by atoms with Gasteiger partial charge in [0.25, 0.3) is 0 Å². The van der Waals surface area contributed by atoms with Gasteiger partial charge < -0.3 is 11.1 Å². The predicted molar refractivity (Wildman–Crippen MR) is 63.8 cm³/mol. The van der Waals surface area contributed by atoms with E-state index in [-0.39, 0.29) is 5.91 Å². The van der Waals surface area contributed by atoms with Crippen LogP contribution in [-0.4, -0.2) is 43.0 Å². The summed E-state index contributed by atoms with van der Waals surface area (Å²) in [5.74, 6) is 1.43. The van der Waals surface area contributed by atoms with Gasteiger partial charge in [0.1, 0.15) is 0 Å². The lowest BCUT2D eigenvalue weighted by atomic mass is 9.98. The van der Waals surface area contributed by atoms with E-state index in [9.17, 15) is 4.79 Å². The zero-order valence-electron chi connectivity index (χ0n) is 9.69. The van der Waals surface area contributed by atoms with Crippen LogP contribution in [0.4, 0.5) is 0 Å². The van der Waals surface area contributed by atoms with Crippen molar-refractivity contribution in [3.05, 3.63) is 12.7 Å². The molecule has 0 aromatic carbocycles. The Balaban J connectivity index is 1.77. The number of amides is 1. The van der Waals surface area contributed by atoms with Gasteiger partial charge >= 0.3 is 0 Å². The smallest absolute Gasteiger partial charge is 0.234 e. The van der Waals surface area contributed by atoms with Crippen LogP contribution in [0.2, 0.25) is 0 Å². The molecule has 0 radical (unpaired) electrons. The first-order chi connectivity index (χ1) is 7.70. The summed E-state index contributed by atoms with van der Waals surface area (Å²) in [6, 6.07) is 0.353. The molecule has 1 heterocycles. The third kappa shape index (κ3) is 2.44. The van der Waals surface area contributed by atoms with Gasteiger partial charge in [-0.05, 0) is 24.7 Å². The summed E-state index contributed by atoms with van der Waals surface area (Å²) in [6.07, 6.45) is 4.09. The number of nitrogens with zero attached hydrogens (tertiary/aromatic N) is 1. The monoisotopic (exact) mass is 223 g/mol. The Labute approximate surface area is 96.9 Å². The first kappa shape index (κ1) is 11.6. The molecule has 1 saturated carbocycles. The minimum Gasteiger partial charge on any atom is -0.352 e. The Bertz CT molecular complexity index is 279. The largest absolute Gasteiger partial charge is 0.352 e. The summed E-state index contributed by atoms with van der Waals surface area (Å²) in [7, 11) is 0. The van der Waals surface area contributed by atoms with Crippen LogP contribution in [0.3, 0.4) is 0 Å². The Morgan fingerprint density at radius 1 is 1.50 bits per heavy atom. The van der Waals surface area contributed by atoms with Crippen LogP contribution >= 0.6 is 0 Å². The molecule has 2 rings (SSSR count). The van der Waals surface area contributed by atoms with Crippen LogP contribution in [0.5, 0.6) is 0 Å². The van der Waals surface area contributed by atoms with E-state index in [1.54, 1.807) is 6.08 Å². The summed E-state index contributed by atoms with van der Waals surface area (Å²) in [4.78, 5) is 13.8. The summed E-state index contributed by atoms with van der Waals surface area (Å²) in [5.41, 5.74) is 6.05. The van der Waals surface area contributed by atoms with Gasteiger partial charge in [-0.3, -0.25) is 9.69 Å². The van der Waals surface area contributed by atoms with Gasteiger partial charge in [-0.15, -0.1) is 6.58 Å². The molecule has 90 valence electrons. The first-order valence-corrected chi connectivity index (χ1v) is 6.06. The van der Waals surface area contributed by atoms with Crippen LogP contribution in [0.1, 0.15) is 12.8 Å². The highest BCUT2D eigenvalue weighted by Gasteiger charge is 2.41. The summed E-state index contributed by atoms with van der Waals surface area (Å²) >= 11 is 0. The van der Waals surface area contributed by atoms with Gasteiger partial charge in [-0.2, -0.15) is 0 Å². The standard InChI is InChI=1S/C12H21N3O/c1-2-5-14-12(16)8-15-6-9-3-4-11(13)10(9)7-15/h2,9-11H,1,3-8,13H2,(H,14,16). The van der Waals surface area contributed by atoms with Crippen LogP contribution in [0.25, 0.3) is 0 Å². The number of rotatable bonds is 4. The van der Waals surface area contributed by atoms with Crippen molar-refractivity contribution in [1.82, 2.24) is 10.2 Å². The molecule has 4 nitrogen and oxygen atoms in total. The summed E-state index contributed by atoms with van der Waals surface area (Å²) in [6.45, 7) is 6.67. The molecular formula is C12H21N3O. The molecule has 3 atom stereocenters. The topological polar surface area (TPSA) is 58.4 Å². The lowest BCUT2D eigenvalue weighted by Crippen LogP contribution is -2.37. The van der Waals surface area contributed by atoms with Crippen molar-refractivity contribution in [2.24, 2.45) is 17.6 Å². The number of carbonyl (C=O) groups excluding carboxylic acids is 1. The maximum Gasteiger partial charge on any atom is 0.234 e. The van der Waals surface area contributed by atoms with Crippen molar-refractivity contribution in [3.63, 3.8) is 0 Å². The molecule has 1 amide bonds. The van der Waals surface area contributed by atoms with Crippen molar-refractivity contribution in [2.45, 2.75) is 18.9 Å². The van der Waals surface area contributed by atoms with Gasteiger partial charge in [0.15, 0.2) is 0 Å². The lowest BCUT2D eigenvalue weighted by Gasteiger charge is -2.17. The van der Waals surface area contributed by atoms with Crippen molar-refractivity contribution < 1.29 is 4.79 Å². The fourth-order valence-electron chi connectivity index (χ4n) is 2.97. The van der Waals surface area contributed by atoms with Gasteiger partial charge in [0.05, 0.1) is 6.54 Å². The fraction of sp³-hybridized carbons (Fsp3) is 0.750. The second kappa shape index (κ2) is 4.97. The summed E-state index contributed by atoms with van der Waals surface area (Å²) < 4.78 is 0. The number of hydrogen-bond acceptors (Lipinski definition) is 3. The number of nitrogens with one attached hydrogen (secondary N) is 1. The van der Waals surface area contributed by atoms with E-state index in [4.69, 9.17) is 5.73 Å². The molecule has 1 saturated heterocycles. The molecule has 2 fully saturated rings. The highest BCUT2D eigenvalue weighted by Crippen LogP contribution is 2.36. The first-order valence-electron chi connectivity index (χ1n) is 6.06. The molecule has 2 aliphatic rings. The van der Waals surface area contributed by atoms with Crippen molar-refractivity contribution in [2.75, 3.05) is 26.2 Å². The molecule has 0 aromatic heterocycles. The average molecular weight is 223 g/mol.